The van der Waals surface area contributed by atoms with E-state index >= 15 is 0 Å². The van der Waals surface area contributed by atoms with Crippen molar-refractivity contribution < 1.29 is 4.79 Å². The van der Waals surface area contributed by atoms with E-state index in [1.807, 2.05) is 30.5 Å². The van der Waals surface area contributed by atoms with Gasteiger partial charge in [-0.3, -0.25) is 4.79 Å². The molecule has 0 saturated heterocycles. The van der Waals surface area contributed by atoms with Gasteiger partial charge in [-0.25, -0.2) is 0 Å². The number of carbonyl (C=O) groups excluding carboxylic acids is 1. The Hall–Kier alpha value is -1.00. The molecule has 0 spiro atoms. The summed E-state index contributed by atoms with van der Waals surface area (Å²) in [7, 11) is 0. The standard InChI is InChI=1S/C13H18N2OS/c1-17-10-5-2-4-9(8-10)15-13(16)11-6-3-7-12(11)14/h2,4-5,8,11-12H,3,6-7,14H2,1H3,(H,15,16). The maximum Gasteiger partial charge on any atom is 0.229 e. The number of anilines is 1. The number of thioether (sulfide) groups is 1. The maximum absolute atomic E-state index is 12.0. The fraction of sp³-hybridized carbons (Fsp3) is 0.462. The Balaban J connectivity index is 2.02. The van der Waals surface area contributed by atoms with Crippen LogP contribution in [0.25, 0.3) is 0 Å². The first-order valence-electron chi connectivity index (χ1n) is 5.91. The van der Waals surface area contributed by atoms with Crippen LogP contribution in [0.2, 0.25) is 0 Å². The lowest BCUT2D eigenvalue weighted by Gasteiger charge is -2.15. The summed E-state index contributed by atoms with van der Waals surface area (Å²) in [6.45, 7) is 0. The second kappa shape index (κ2) is 5.56. The Kier molecular flexibility index (Phi) is 4.07. The second-order valence-electron chi connectivity index (χ2n) is 4.42. The molecular formula is C13H18N2OS. The molecular weight excluding hydrogens is 232 g/mol. The van der Waals surface area contributed by atoms with Crippen LogP contribution >= 0.6 is 11.8 Å². The summed E-state index contributed by atoms with van der Waals surface area (Å²) in [5.74, 6) is 0.0428. The fourth-order valence-corrected chi connectivity index (χ4v) is 2.71. The highest BCUT2D eigenvalue weighted by atomic mass is 32.2. The van der Waals surface area contributed by atoms with E-state index in [4.69, 9.17) is 5.73 Å². The van der Waals surface area contributed by atoms with Crippen molar-refractivity contribution in [2.45, 2.75) is 30.2 Å². The SMILES string of the molecule is CSc1cccc(NC(=O)C2CCCC2N)c1. The normalized spacial score (nSPS) is 23.6. The first-order chi connectivity index (χ1) is 8.20. The van der Waals surface area contributed by atoms with E-state index in [0.717, 1.165) is 29.8 Å². The van der Waals surface area contributed by atoms with Crippen molar-refractivity contribution in [2.75, 3.05) is 11.6 Å². The monoisotopic (exact) mass is 250 g/mol. The van der Waals surface area contributed by atoms with E-state index in [2.05, 4.69) is 5.32 Å². The number of hydrogen-bond acceptors (Lipinski definition) is 3. The van der Waals surface area contributed by atoms with Crippen molar-refractivity contribution in [1.82, 2.24) is 0 Å². The highest BCUT2D eigenvalue weighted by Crippen LogP contribution is 2.26. The van der Waals surface area contributed by atoms with Gasteiger partial charge in [0, 0.05) is 16.6 Å². The Morgan fingerprint density at radius 1 is 1.47 bits per heavy atom. The number of nitrogens with two attached hydrogens (primary N) is 1. The first-order valence-corrected chi connectivity index (χ1v) is 7.13. The molecule has 4 heteroatoms. The predicted octanol–water partition coefficient (Wildman–Crippen LogP) is 2.47. The van der Waals surface area contributed by atoms with Gasteiger partial charge >= 0.3 is 0 Å². The molecule has 0 aliphatic heterocycles. The van der Waals surface area contributed by atoms with Gasteiger partial charge in [0.1, 0.15) is 0 Å². The van der Waals surface area contributed by atoms with E-state index in [9.17, 15) is 4.79 Å². The summed E-state index contributed by atoms with van der Waals surface area (Å²) in [5, 5.41) is 2.96. The third-order valence-electron chi connectivity index (χ3n) is 3.24. The van der Waals surface area contributed by atoms with Gasteiger partial charge in [-0.05, 0) is 37.3 Å². The Morgan fingerprint density at radius 2 is 2.29 bits per heavy atom. The van der Waals surface area contributed by atoms with Crippen LogP contribution in [0.15, 0.2) is 29.2 Å². The lowest BCUT2D eigenvalue weighted by molar-refractivity contribution is -0.120. The zero-order valence-electron chi connectivity index (χ0n) is 9.98. The van der Waals surface area contributed by atoms with E-state index in [-0.39, 0.29) is 17.9 Å². The Labute approximate surface area is 106 Å². The van der Waals surface area contributed by atoms with Crippen LogP contribution in [0.4, 0.5) is 5.69 Å². The molecule has 1 fully saturated rings. The molecule has 0 heterocycles. The Bertz CT molecular complexity index is 408. The summed E-state index contributed by atoms with van der Waals surface area (Å²) in [6.07, 6.45) is 4.95. The van der Waals surface area contributed by atoms with Gasteiger partial charge < -0.3 is 11.1 Å². The summed E-state index contributed by atoms with van der Waals surface area (Å²) in [4.78, 5) is 13.2. The molecule has 3 nitrogen and oxygen atoms in total. The van der Waals surface area contributed by atoms with Crippen LogP contribution in [0.5, 0.6) is 0 Å². The molecule has 2 unspecified atom stereocenters. The van der Waals surface area contributed by atoms with E-state index < -0.39 is 0 Å². The average molecular weight is 250 g/mol. The number of hydrogen-bond donors (Lipinski definition) is 2. The van der Waals surface area contributed by atoms with Crippen LogP contribution in [0.1, 0.15) is 19.3 Å². The van der Waals surface area contributed by atoms with Gasteiger partial charge in [-0.1, -0.05) is 12.5 Å². The molecule has 3 N–H and O–H groups in total. The second-order valence-corrected chi connectivity index (χ2v) is 5.30. The zero-order valence-corrected chi connectivity index (χ0v) is 10.8. The van der Waals surface area contributed by atoms with Gasteiger partial charge in [-0.2, -0.15) is 0 Å². The summed E-state index contributed by atoms with van der Waals surface area (Å²) in [5.41, 5.74) is 6.79. The lowest BCUT2D eigenvalue weighted by atomic mass is 10.0. The van der Waals surface area contributed by atoms with Crippen molar-refractivity contribution in [3.8, 4) is 0 Å². The number of carbonyl (C=O) groups is 1. The van der Waals surface area contributed by atoms with Crippen molar-refractivity contribution in [3.05, 3.63) is 24.3 Å². The quantitative estimate of drug-likeness (QED) is 0.810. The first kappa shape index (κ1) is 12.5. The number of benzene rings is 1. The molecule has 1 saturated carbocycles. The minimum Gasteiger partial charge on any atom is -0.327 e. The topological polar surface area (TPSA) is 55.1 Å². The van der Waals surface area contributed by atoms with Crippen LogP contribution < -0.4 is 11.1 Å². The molecule has 0 bridgehead atoms. The molecule has 1 aliphatic carbocycles. The highest BCUT2D eigenvalue weighted by Gasteiger charge is 2.30. The molecule has 1 amide bonds. The maximum atomic E-state index is 12.0. The van der Waals surface area contributed by atoms with Gasteiger partial charge in [0.2, 0.25) is 5.91 Å². The third-order valence-corrected chi connectivity index (χ3v) is 3.97. The van der Waals surface area contributed by atoms with Crippen LogP contribution in [-0.4, -0.2) is 18.2 Å². The third kappa shape index (κ3) is 3.01. The van der Waals surface area contributed by atoms with Gasteiger partial charge in [-0.15, -0.1) is 11.8 Å². The molecule has 1 aromatic carbocycles. The van der Waals surface area contributed by atoms with Crippen molar-refractivity contribution >= 4 is 23.4 Å². The van der Waals surface area contributed by atoms with Crippen molar-refractivity contribution in [2.24, 2.45) is 11.7 Å². The average Bonchev–Trinajstić information content (AvgIpc) is 2.76. The molecule has 0 aromatic heterocycles. The van der Waals surface area contributed by atoms with E-state index in [0.29, 0.717) is 0 Å². The smallest absolute Gasteiger partial charge is 0.229 e. The molecule has 1 aromatic rings. The summed E-state index contributed by atoms with van der Waals surface area (Å²) in [6, 6.07) is 7.91. The van der Waals surface area contributed by atoms with E-state index in [1.165, 1.54) is 0 Å². The van der Waals surface area contributed by atoms with Gasteiger partial charge in [0.25, 0.3) is 0 Å². The molecule has 1 aliphatic rings. The van der Waals surface area contributed by atoms with Gasteiger partial charge in [0.15, 0.2) is 0 Å². The molecule has 2 rings (SSSR count). The fourth-order valence-electron chi connectivity index (χ4n) is 2.25. The number of rotatable bonds is 3. The largest absolute Gasteiger partial charge is 0.327 e. The van der Waals surface area contributed by atoms with Crippen LogP contribution in [0.3, 0.4) is 0 Å². The number of nitrogens with one attached hydrogen (secondary N) is 1. The lowest BCUT2D eigenvalue weighted by Crippen LogP contribution is -2.34. The zero-order chi connectivity index (χ0) is 12.3. The van der Waals surface area contributed by atoms with E-state index in [1.54, 1.807) is 11.8 Å². The molecule has 2 atom stereocenters. The predicted molar refractivity (Wildman–Crippen MR) is 72.2 cm³/mol. The minimum absolute atomic E-state index is 0.0204. The molecule has 17 heavy (non-hydrogen) atoms. The summed E-state index contributed by atoms with van der Waals surface area (Å²) >= 11 is 1.67. The minimum atomic E-state index is -0.0204. The highest BCUT2D eigenvalue weighted by molar-refractivity contribution is 7.98. The van der Waals surface area contributed by atoms with Crippen molar-refractivity contribution in [1.29, 1.82) is 0 Å². The molecule has 0 radical (unpaired) electrons. The molecule has 92 valence electrons. The van der Waals surface area contributed by atoms with Crippen molar-refractivity contribution in [3.63, 3.8) is 0 Å². The van der Waals surface area contributed by atoms with Gasteiger partial charge in [0.05, 0.1) is 5.92 Å². The Morgan fingerprint density at radius 3 is 2.94 bits per heavy atom. The van der Waals surface area contributed by atoms with Crippen LogP contribution in [-0.2, 0) is 4.79 Å². The van der Waals surface area contributed by atoms with Crippen LogP contribution in [0, 0.1) is 5.92 Å². The summed E-state index contributed by atoms with van der Waals surface area (Å²) < 4.78 is 0. The number of amides is 1.